The SMILES string of the molecule is O=C(c1cc(Br)c(Br)s1)N1CCc2sccc2C1C1CC1. The number of thiophene rings is 2. The van der Waals surface area contributed by atoms with E-state index in [0.717, 1.165) is 26.1 Å². The lowest BCUT2D eigenvalue weighted by Crippen LogP contribution is -2.40. The fourth-order valence-corrected chi connectivity index (χ4v) is 5.99. The van der Waals surface area contributed by atoms with Crippen LogP contribution < -0.4 is 0 Å². The van der Waals surface area contributed by atoms with Crippen LogP contribution in [0, 0.1) is 5.92 Å². The maximum absolute atomic E-state index is 12.9. The second-order valence-corrected chi connectivity index (χ2v) is 9.79. The molecule has 1 fully saturated rings. The third kappa shape index (κ3) is 2.54. The van der Waals surface area contributed by atoms with Gasteiger partial charge in [-0.15, -0.1) is 22.7 Å². The summed E-state index contributed by atoms with van der Waals surface area (Å²) in [6, 6.07) is 4.46. The maximum atomic E-state index is 12.9. The van der Waals surface area contributed by atoms with Gasteiger partial charge in [-0.05, 0) is 80.1 Å². The van der Waals surface area contributed by atoms with E-state index in [0.29, 0.717) is 12.0 Å². The number of rotatable bonds is 2. The molecule has 110 valence electrons. The fourth-order valence-electron chi connectivity index (χ4n) is 3.09. The Hall–Kier alpha value is -0.170. The van der Waals surface area contributed by atoms with Crippen LogP contribution in [0.5, 0.6) is 0 Å². The minimum Gasteiger partial charge on any atom is -0.330 e. The van der Waals surface area contributed by atoms with Gasteiger partial charge in [0.25, 0.3) is 5.91 Å². The minimum atomic E-state index is 0.181. The molecule has 1 aliphatic heterocycles. The Bertz CT molecular complexity index is 685. The lowest BCUT2D eigenvalue weighted by Gasteiger charge is -2.36. The van der Waals surface area contributed by atoms with E-state index in [1.165, 1.54) is 34.6 Å². The van der Waals surface area contributed by atoms with Crippen molar-refractivity contribution in [2.75, 3.05) is 6.54 Å². The Morgan fingerprint density at radius 2 is 2.14 bits per heavy atom. The van der Waals surface area contributed by atoms with Crippen LogP contribution in [0.15, 0.2) is 25.8 Å². The second-order valence-electron chi connectivity index (χ2n) is 5.56. The number of carbonyl (C=O) groups is 1. The molecule has 21 heavy (non-hydrogen) atoms. The predicted molar refractivity (Wildman–Crippen MR) is 94.2 cm³/mol. The van der Waals surface area contributed by atoms with Gasteiger partial charge < -0.3 is 4.90 Å². The summed E-state index contributed by atoms with van der Waals surface area (Å²) in [5.41, 5.74) is 1.40. The number of hydrogen-bond donors (Lipinski definition) is 0. The summed E-state index contributed by atoms with van der Waals surface area (Å²) in [5.74, 6) is 0.842. The van der Waals surface area contributed by atoms with Crippen molar-refractivity contribution in [3.63, 3.8) is 0 Å². The molecule has 1 atom stereocenters. The zero-order valence-corrected chi connectivity index (χ0v) is 15.9. The first-order chi connectivity index (χ1) is 10.1. The van der Waals surface area contributed by atoms with Crippen molar-refractivity contribution in [3.05, 3.63) is 41.1 Å². The average molecular weight is 447 g/mol. The summed E-state index contributed by atoms with van der Waals surface area (Å²) < 4.78 is 1.95. The van der Waals surface area contributed by atoms with Gasteiger partial charge in [0.2, 0.25) is 0 Å². The van der Waals surface area contributed by atoms with Gasteiger partial charge >= 0.3 is 0 Å². The Morgan fingerprint density at radius 1 is 1.33 bits per heavy atom. The van der Waals surface area contributed by atoms with Crippen LogP contribution in [-0.2, 0) is 6.42 Å². The highest BCUT2D eigenvalue weighted by molar-refractivity contribution is 9.13. The maximum Gasteiger partial charge on any atom is 0.264 e. The standard InChI is InChI=1S/C15H13Br2NOS2/c16-10-7-12(21-14(10)17)15(19)18-5-3-11-9(4-6-20-11)13(18)8-1-2-8/h4,6-8,13H,1-3,5H2. The van der Waals surface area contributed by atoms with E-state index in [1.807, 2.05) is 17.4 Å². The molecule has 2 aromatic rings. The summed E-state index contributed by atoms with van der Waals surface area (Å²) in [6.07, 6.45) is 3.50. The second kappa shape index (κ2) is 5.48. The number of hydrogen-bond acceptors (Lipinski definition) is 3. The molecule has 0 aromatic carbocycles. The number of carbonyl (C=O) groups excluding carboxylic acids is 1. The van der Waals surface area contributed by atoms with Crippen LogP contribution in [-0.4, -0.2) is 17.4 Å². The monoisotopic (exact) mass is 445 g/mol. The average Bonchev–Trinajstić information content (AvgIpc) is 3.10. The van der Waals surface area contributed by atoms with Crippen molar-refractivity contribution in [1.29, 1.82) is 0 Å². The molecule has 0 bridgehead atoms. The molecule has 0 spiro atoms. The third-order valence-electron chi connectivity index (χ3n) is 4.20. The number of halogens is 2. The Kier molecular flexibility index (Phi) is 3.76. The molecular formula is C15H13Br2NOS2. The highest BCUT2D eigenvalue weighted by Crippen LogP contribution is 2.49. The van der Waals surface area contributed by atoms with Gasteiger partial charge in [0.1, 0.15) is 0 Å². The van der Waals surface area contributed by atoms with E-state index in [2.05, 4.69) is 48.2 Å². The third-order valence-corrected chi connectivity index (χ3v) is 8.44. The summed E-state index contributed by atoms with van der Waals surface area (Å²) in [4.78, 5) is 17.3. The largest absolute Gasteiger partial charge is 0.330 e. The smallest absolute Gasteiger partial charge is 0.264 e. The van der Waals surface area contributed by atoms with Gasteiger partial charge in [0.15, 0.2) is 0 Å². The summed E-state index contributed by atoms with van der Waals surface area (Å²) in [6.45, 7) is 0.848. The highest BCUT2D eigenvalue weighted by Gasteiger charge is 2.42. The van der Waals surface area contributed by atoms with Crippen molar-refractivity contribution in [2.45, 2.75) is 25.3 Å². The van der Waals surface area contributed by atoms with Gasteiger partial charge in [-0.2, -0.15) is 0 Å². The van der Waals surface area contributed by atoms with Crippen LogP contribution in [0.3, 0.4) is 0 Å². The first kappa shape index (κ1) is 14.4. The quantitative estimate of drug-likeness (QED) is 0.597. The van der Waals surface area contributed by atoms with Crippen molar-refractivity contribution >= 4 is 60.4 Å². The fraction of sp³-hybridized carbons (Fsp3) is 0.400. The van der Waals surface area contributed by atoms with Crippen molar-refractivity contribution < 1.29 is 4.79 Å². The molecule has 1 aliphatic carbocycles. The van der Waals surface area contributed by atoms with Crippen molar-refractivity contribution in [3.8, 4) is 0 Å². The van der Waals surface area contributed by atoms with E-state index in [1.54, 1.807) is 0 Å². The molecule has 0 N–H and O–H groups in total. The molecule has 1 unspecified atom stereocenters. The molecule has 6 heteroatoms. The Balaban J connectivity index is 1.69. The minimum absolute atomic E-state index is 0.181. The lowest BCUT2D eigenvalue weighted by atomic mass is 9.95. The molecule has 4 rings (SSSR count). The number of amides is 1. The van der Waals surface area contributed by atoms with Gasteiger partial charge in [0.05, 0.1) is 14.7 Å². The first-order valence-corrected chi connectivity index (χ1v) is 10.3. The Labute approximate surface area is 148 Å². The van der Waals surface area contributed by atoms with E-state index in [-0.39, 0.29) is 5.91 Å². The molecule has 2 nitrogen and oxygen atoms in total. The first-order valence-electron chi connectivity index (χ1n) is 6.97. The predicted octanol–water partition coefficient (Wildman–Crippen LogP) is 5.48. The van der Waals surface area contributed by atoms with Gasteiger partial charge in [-0.25, -0.2) is 0 Å². The van der Waals surface area contributed by atoms with Crippen molar-refractivity contribution in [1.82, 2.24) is 4.90 Å². The summed E-state index contributed by atoms with van der Waals surface area (Å²) >= 11 is 10.3. The van der Waals surface area contributed by atoms with Gasteiger partial charge in [0, 0.05) is 15.9 Å². The molecule has 3 heterocycles. The molecule has 2 aromatic heterocycles. The molecular weight excluding hydrogens is 434 g/mol. The molecule has 1 amide bonds. The van der Waals surface area contributed by atoms with E-state index >= 15 is 0 Å². The normalized spacial score (nSPS) is 21.4. The zero-order chi connectivity index (χ0) is 14.6. The number of nitrogens with zero attached hydrogens (tertiary/aromatic N) is 1. The summed E-state index contributed by atoms with van der Waals surface area (Å²) in [5, 5.41) is 2.17. The topological polar surface area (TPSA) is 20.3 Å². The molecule has 2 aliphatic rings. The molecule has 1 saturated carbocycles. The van der Waals surface area contributed by atoms with E-state index in [4.69, 9.17) is 0 Å². The Morgan fingerprint density at radius 3 is 2.81 bits per heavy atom. The summed E-state index contributed by atoms with van der Waals surface area (Å²) in [7, 11) is 0. The number of fused-ring (bicyclic) bond motifs is 1. The van der Waals surface area contributed by atoms with Gasteiger partial charge in [-0.3, -0.25) is 4.79 Å². The highest BCUT2D eigenvalue weighted by atomic mass is 79.9. The lowest BCUT2D eigenvalue weighted by molar-refractivity contribution is 0.0642. The van der Waals surface area contributed by atoms with E-state index < -0.39 is 0 Å². The van der Waals surface area contributed by atoms with Crippen LogP contribution in [0.25, 0.3) is 0 Å². The van der Waals surface area contributed by atoms with Crippen molar-refractivity contribution in [2.24, 2.45) is 5.92 Å². The van der Waals surface area contributed by atoms with Gasteiger partial charge in [-0.1, -0.05) is 0 Å². The molecule has 0 radical (unpaired) electrons. The van der Waals surface area contributed by atoms with Crippen LogP contribution in [0.4, 0.5) is 0 Å². The zero-order valence-electron chi connectivity index (χ0n) is 11.1. The van der Waals surface area contributed by atoms with Crippen LogP contribution in [0.2, 0.25) is 0 Å². The van der Waals surface area contributed by atoms with E-state index in [9.17, 15) is 4.79 Å². The van der Waals surface area contributed by atoms with Crippen LogP contribution in [0.1, 0.15) is 39.0 Å². The molecule has 0 saturated heterocycles. The van der Waals surface area contributed by atoms with Crippen LogP contribution >= 0.6 is 54.5 Å².